The first-order valence-corrected chi connectivity index (χ1v) is 8.58. The number of aromatic nitrogens is 1. The van der Waals surface area contributed by atoms with Gasteiger partial charge in [-0.1, -0.05) is 13.0 Å². The van der Waals surface area contributed by atoms with Crippen LogP contribution in [-0.2, 0) is 23.1 Å². The fourth-order valence-electron chi connectivity index (χ4n) is 1.89. The zero-order valence-electron chi connectivity index (χ0n) is 11.2. The number of nitrogens with zero attached hydrogens (tertiary/aromatic N) is 2. The summed E-state index contributed by atoms with van der Waals surface area (Å²) < 4.78 is 26.7. The minimum Gasteiger partial charge on any atom is -0.326 e. The van der Waals surface area contributed by atoms with E-state index in [1.165, 1.54) is 15.6 Å². The molecule has 7 heteroatoms. The molecule has 2 heterocycles. The standard InChI is InChI=1S/C13H17N3O2S2/c1-2-16(10-11-5-3-4-7-15-11)20(17,18)13-6-8-19-12(13)9-14/h3-8H,2,9-10,14H2,1H3. The summed E-state index contributed by atoms with van der Waals surface area (Å²) >= 11 is 1.36. The summed E-state index contributed by atoms with van der Waals surface area (Å²) in [5, 5.41) is 1.75. The Bertz CT molecular complexity index is 653. The molecule has 2 N–H and O–H groups in total. The zero-order chi connectivity index (χ0) is 14.6. The lowest BCUT2D eigenvalue weighted by atomic mass is 10.3. The number of pyridine rings is 1. The maximum Gasteiger partial charge on any atom is 0.244 e. The van der Waals surface area contributed by atoms with Gasteiger partial charge in [-0.3, -0.25) is 4.98 Å². The number of hydrogen-bond acceptors (Lipinski definition) is 5. The van der Waals surface area contributed by atoms with E-state index < -0.39 is 10.0 Å². The van der Waals surface area contributed by atoms with Crippen molar-refractivity contribution in [1.29, 1.82) is 0 Å². The zero-order valence-corrected chi connectivity index (χ0v) is 12.8. The molecule has 0 unspecified atom stereocenters. The van der Waals surface area contributed by atoms with Crippen molar-refractivity contribution in [2.24, 2.45) is 5.73 Å². The highest BCUT2D eigenvalue weighted by molar-refractivity contribution is 7.89. The maximum absolute atomic E-state index is 12.7. The summed E-state index contributed by atoms with van der Waals surface area (Å²) in [7, 11) is -3.53. The van der Waals surface area contributed by atoms with E-state index in [1.807, 2.05) is 19.1 Å². The Balaban J connectivity index is 2.31. The van der Waals surface area contributed by atoms with Crippen LogP contribution in [0.25, 0.3) is 0 Å². The second kappa shape index (κ2) is 6.45. The fraction of sp³-hybridized carbons (Fsp3) is 0.308. The van der Waals surface area contributed by atoms with Crippen molar-refractivity contribution in [2.45, 2.75) is 24.9 Å². The second-order valence-corrected chi connectivity index (χ2v) is 7.07. The van der Waals surface area contributed by atoms with Gasteiger partial charge in [0, 0.05) is 24.2 Å². The highest BCUT2D eigenvalue weighted by Gasteiger charge is 2.26. The molecule has 0 spiro atoms. The molecule has 0 radical (unpaired) electrons. The van der Waals surface area contributed by atoms with Crippen LogP contribution < -0.4 is 5.73 Å². The summed E-state index contributed by atoms with van der Waals surface area (Å²) in [6.45, 7) is 2.70. The van der Waals surface area contributed by atoms with E-state index in [4.69, 9.17) is 5.73 Å². The van der Waals surface area contributed by atoms with Crippen LogP contribution in [0.2, 0.25) is 0 Å². The van der Waals surface area contributed by atoms with Gasteiger partial charge >= 0.3 is 0 Å². The first kappa shape index (κ1) is 15.1. The lowest BCUT2D eigenvalue weighted by molar-refractivity contribution is 0.419. The number of rotatable bonds is 6. The monoisotopic (exact) mass is 311 g/mol. The maximum atomic E-state index is 12.7. The number of thiophene rings is 1. The van der Waals surface area contributed by atoms with Gasteiger partial charge in [0.15, 0.2) is 0 Å². The smallest absolute Gasteiger partial charge is 0.244 e. The Morgan fingerprint density at radius 3 is 2.75 bits per heavy atom. The van der Waals surface area contributed by atoms with Gasteiger partial charge < -0.3 is 5.73 Å². The molecule has 0 bridgehead atoms. The molecule has 0 fully saturated rings. The lowest BCUT2D eigenvalue weighted by Crippen LogP contribution is -2.31. The molecule has 2 aromatic heterocycles. The van der Waals surface area contributed by atoms with E-state index >= 15 is 0 Å². The molecule has 0 aliphatic carbocycles. The second-order valence-electron chi connectivity index (χ2n) is 4.16. The molecule has 0 aromatic carbocycles. The average molecular weight is 311 g/mol. The van der Waals surface area contributed by atoms with Crippen LogP contribution in [0.15, 0.2) is 40.7 Å². The number of nitrogens with two attached hydrogens (primary N) is 1. The molecule has 0 saturated carbocycles. The summed E-state index contributed by atoms with van der Waals surface area (Å²) in [6, 6.07) is 7.08. The molecule has 2 rings (SSSR count). The Hall–Kier alpha value is -1.28. The molecule has 0 amide bonds. The Kier molecular flexibility index (Phi) is 4.87. The highest BCUT2D eigenvalue weighted by Crippen LogP contribution is 2.25. The third-order valence-electron chi connectivity index (χ3n) is 2.92. The lowest BCUT2D eigenvalue weighted by Gasteiger charge is -2.20. The van der Waals surface area contributed by atoms with Crippen molar-refractivity contribution in [1.82, 2.24) is 9.29 Å². The molecule has 2 aromatic rings. The van der Waals surface area contributed by atoms with E-state index in [2.05, 4.69) is 4.98 Å². The van der Waals surface area contributed by atoms with E-state index in [0.29, 0.717) is 16.3 Å². The van der Waals surface area contributed by atoms with Crippen LogP contribution in [-0.4, -0.2) is 24.3 Å². The van der Waals surface area contributed by atoms with Gasteiger partial charge in [-0.05, 0) is 23.6 Å². The number of hydrogen-bond donors (Lipinski definition) is 1. The van der Waals surface area contributed by atoms with Crippen molar-refractivity contribution in [3.05, 3.63) is 46.4 Å². The third kappa shape index (κ3) is 3.06. The van der Waals surface area contributed by atoms with Crippen molar-refractivity contribution < 1.29 is 8.42 Å². The van der Waals surface area contributed by atoms with Crippen LogP contribution in [0.1, 0.15) is 17.5 Å². The van der Waals surface area contributed by atoms with E-state index in [-0.39, 0.29) is 13.1 Å². The van der Waals surface area contributed by atoms with Gasteiger partial charge in [0.2, 0.25) is 10.0 Å². The third-order valence-corrected chi connectivity index (χ3v) is 6.00. The Morgan fingerprint density at radius 1 is 1.35 bits per heavy atom. The minimum atomic E-state index is -3.53. The summed E-state index contributed by atoms with van der Waals surface area (Å²) in [5.41, 5.74) is 6.33. The number of sulfonamides is 1. The predicted octanol–water partition coefficient (Wildman–Crippen LogP) is 1.81. The average Bonchev–Trinajstić information content (AvgIpc) is 2.95. The SMILES string of the molecule is CCN(Cc1ccccn1)S(=O)(=O)c1ccsc1CN. The molecule has 0 saturated heterocycles. The fourth-order valence-corrected chi connectivity index (χ4v) is 4.61. The van der Waals surface area contributed by atoms with E-state index in [9.17, 15) is 8.42 Å². The van der Waals surface area contributed by atoms with E-state index in [0.717, 1.165) is 5.69 Å². The predicted molar refractivity (Wildman–Crippen MR) is 79.7 cm³/mol. The van der Waals surface area contributed by atoms with Crippen LogP contribution in [0.4, 0.5) is 0 Å². The van der Waals surface area contributed by atoms with Crippen molar-refractivity contribution >= 4 is 21.4 Å². The topological polar surface area (TPSA) is 76.3 Å². The first-order chi connectivity index (χ1) is 9.59. The highest BCUT2D eigenvalue weighted by atomic mass is 32.2. The minimum absolute atomic E-state index is 0.230. The van der Waals surface area contributed by atoms with Crippen molar-refractivity contribution in [2.75, 3.05) is 6.54 Å². The Morgan fingerprint density at radius 2 is 2.15 bits per heavy atom. The van der Waals surface area contributed by atoms with Crippen molar-refractivity contribution in [3.8, 4) is 0 Å². The van der Waals surface area contributed by atoms with Gasteiger partial charge in [-0.25, -0.2) is 8.42 Å². The van der Waals surface area contributed by atoms with Gasteiger partial charge in [0.05, 0.1) is 17.1 Å². The normalized spacial score (nSPS) is 11.9. The molecule has 20 heavy (non-hydrogen) atoms. The van der Waals surface area contributed by atoms with Gasteiger partial charge in [0.1, 0.15) is 0 Å². The van der Waals surface area contributed by atoms with Gasteiger partial charge in [0.25, 0.3) is 0 Å². The van der Waals surface area contributed by atoms with Gasteiger partial charge in [-0.15, -0.1) is 11.3 Å². The first-order valence-electron chi connectivity index (χ1n) is 6.26. The molecule has 0 aliphatic rings. The molecule has 0 atom stereocenters. The molecule has 0 aliphatic heterocycles. The van der Waals surface area contributed by atoms with E-state index in [1.54, 1.807) is 23.7 Å². The van der Waals surface area contributed by atoms with Crippen LogP contribution >= 0.6 is 11.3 Å². The largest absolute Gasteiger partial charge is 0.326 e. The molecular formula is C13H17N3O2S2. The Labute approximate surface area is 123 Å². The van der Waals surface area contributed by atoms with Gasteiger partial charge in [-0.2, -0.15) is 4.31 Å². The summed E-state index contributed by atoms with van der Waals surface area (Å²) in [5.74, 6) is 0. The summed E-state index contributed by atoms with van der Waals surface area (Å²) in [6.07, 6.45) is 1.66. The molecule has 108 valence electrons. The van der Waals surface area contributed by atoms with Crippen LogP contribution in [0, 0.1) is 0 Å². The van der Waals surface area contributed by atoms with Crippen LogP contribution in [0.5, 0.6) is 0 Å². The molecular weight excluding hydrogens is 294 g/mol. The molecule has 5 nitrogen and oxygen atoms in total. The quantitative estimate of drug-likeness (QED) is 0.883. The van der Waals surface area contributed by atoms with Crippen LogP contribution in [0.3, 0.4) is 0 Å². The summed E-state index contributed by atoms with van der Waals surface area (Å²) in [4.78, 5) is 5.17. The van der Waals surface area contributed by atoms with Crippen molar-refractivity contribution in [3.63, 3.8) is 0 Å².